The summed E-state index contributed by atoms with van der Waals surface area (Å²) in [5.74, 6) is 0. The van der Waals surface area contributed by atoms with Crippen LogP contribution in [0.15, 0.2) is 24.3 Å². The van der Waals surface area contributed by atoms with E-state index in [1.807, 2.05) is 0 Å². The lowest BCUT2D eigenvalue weighted by Gasteiger charge is -2.23. The van der Waals surface area contributed by atoms with Gasteiger partial charge in [0.15, 0.2) is 0 Å². The van der Waals surface area contributed by atoms with Crippen molar-refractivity contribution < 1.29 is 12.4 Å². The molecule has 0 aromatic heterocycles. The molecule has 0 heterocycles. The molecule has 0 N–H and O–H groups in total. The van der Waals surface area contributed by atoms with Crippen LogP contribution < -0.4 is 16.9 Å². The van der Waals surface area contributed by atoms with Gasteiger partial charge in [0, 0.05) is 0 Å². The molecule has 1 rings (SSSR count). The van der Waals surface area contributed by atoms with Crippen molar-refractivity contribution in [2.75, 3.05) is 21.1 Å². The highest BCUT2D eigenvalue weighted by Crippen LogP contribution is 2.18. The molecule has 0 radical (unpaired) electrons. The molecule has 0 bridgehead atoms. The number of hydrogen-bond acceptors (Lipinski definition) is 0. The first kappa shape index (κ1) is 22.5. The molecule has 0 aliphatic rings. The third kappa shape index (κ3) is 10.8. The molecule has 0 unspecified atom stereocenters. The number of hydrogen-bond donors (Lipinski definition) is 0. The van der Waals surface area contributed by atoms with Crippen molar-refractivity contribution in [1.29, 1.82) is 0 Å². The largest absolute Gasteiger partial charge is 1.00 e. The Morgan fingerprint density at radius 1 is 0.652 bits per heavy atom. The first-order valence-corrected chi connectivity index (χ1v) is 9.45. The van der Waals surface area contributed by atoms with E-state index in [1.165, 1.54) is 81.9 Å². The normalized spacial score (nSPS) is 11.3. The minimum Gasteiger partial charge on any atom is -1.00 e. The van der Waals surface area contributed by atoms with Crippen molar-refractivity contribution in [2.45, 2.75) is 77.6 Å². The lowest BCUT2D eigenvalue weighted by Crippen LogP contribution is -3.00. The molecule has 0 fully saturated rings. The van der Waals surface area contributed by atoms with Gasteiger partial charge < -0.3 is 12.4 Å². The van der Waals surface area contributed by atoms with Gasteiger partial charge in [-0.25, -0.2) is 0 Å². The molecule has 134 valence electrons. The van der Waals surface area contributed by atoms with Gasteiger partial charge in [-0.3, -0.25) is 4.48 Å². The number of quaternary nitrogens is 1. The van der Waals surface area contributed by atoms with Crippen molar-refractivity contribution in [3.05, 3.63) is 29.8 Å². The summed E-state index contributed by atoms with van der Waals surface area (Å²) in [6.45, 7) is 2.29. The van der Waals surface area contributed by atoms with Crippen LogP contribution in [0, 0.1) is 0 Å². The van der Waals surface area contributed by atoms with Crippen LogP contribution in [0.4, 0.5) is 5.69 Å². The van der Waals surface area contributed by atoms with Crippen molar-refractivity contribution in [3.63, 3.8) is 0 Å². The molecule has 0 aliphatic carbocycles. The Morgan fingerprint density at radius 2 is 1.09 bits per heavy atom. The van der Waals surface area contributed by atoms with Gasteiger partial charge in [-0.15, -0.1) is 0 Å². The Kier molecular flexibility index (Phi) is 12.5. The van der Waals surface area contributed by atoms with Crippen LogP contribution >= 0.6 is 0 Å². The number of benzene rings is 1. The third-order valence-corrected chi connectivity index (χ3v) is 4.53. The fourth-order valence-corrected chi connectivity index (χ4v) is 2.93. The molecule has 1 aromatic rings. The van der Waals surface area contributed by atoms with Crippen LogP contribution in [-0.2, 0) is 6.42 Å². The Hall–Kier alpha value is -0.530. The second-order valence-corrected chi connectivity index (χ2v) is 7.61. The van der Waals surface area contributed by atoms with E-state index in [9.17, 15) is 0 Å². The number of rotatable bonds is 12. The fraction of sp³-hybridized carbons (Fsp3) is 0.714. The zero-order valence-corrected chi connectivity index (χ0v) is 16.7. The van der Waals surface area contributed by atoms with Crippen LogP contribution in [0.1, 0.15) is 76.7 Å². The molecular formula is C21H38ClN. The van der Waals surface area contributed by atoms with Crippen LogP contribution in [0.5, 0.6) is 0 Å². The second-order valence-electron chi connectivity index (χ2n) is 7.61. The summed E-state index contributed by atoms with van der Waals surface area (Å²) in [7, 11) is 6.66. The monoisotopic (exact) mass is 339 g/mol. The predicted molar refractivity (Wildman–Crippen MR) is 102 cm³/mol. The number of unbranched alkanes of at least 4 members (excludes halogenated alkanes) is 9. The van der Waals surface area contributed by atoms with Gasteiger partial charge in [-0.05, 0) is 30.5 Å². The molecule has 2 heteroatoms. The molecule has 23 heavy (non-hydrogen) atoms. The highest BCUT2D eigenvalue weighted by Gasteiger charge is 2.10. The Bertz CT molecular complexity index is 378. The van der Waals surface area contributed by atoms with Gasteiger partial charge in [-0.2, -0.15) is 0 Å². The molecule has 0 spiro atoms. The van der Waals surface area contributed by atoms with Gasteiger partial charge in [-0.1, -0.05) is 76.8 Å². The first-order valence-electron chi connectivity index (χ1n) is 9.45. The Labute approximate surface area is 151 Å². The quantitative estimate of drug-likeness (QED) is 0.404. The highest BCUT2D eigenvalue weighted by molar-refractivity contribution is 5.42. The summed E-state index contributed by atoms with van der Waals surface area (Å²) in [5, 5.41) is 0. The van der Waals surface area contributed by atoms with E-state index in [0.717, 1.165) is 4.48 Å². The molecule has 0 saturated carbocycles. The maximum absolute atomic E-state index is 2.31. The average Bonchev–Trinajstić information content (AvgIpc) is 2.49. The van der Waals surface area contributed by atoms with Crippen LogP contribution in [0.25, 0.3) is 0 Å². The zero-order valence-electron chi connectivity index (χ0n) is 15.9. The maximum Gasteiger partial charge on any atom is 0.132 e. The van der Waals surface area contributed by atoms with Crippen LogP contribution in [-0.4, -0.2) is 21.1 Å². The summed E-state index contributed by atoms with van der Waals surface area (Å²) >= 11 is 0. The fourth-order valence-electron chi connectivity index (χ4n) is 2.93. The van der Waals surface area contributed by atoms with Crippen molar-refractivity contribution >= 4 is 5.69 Å². The van der Waals surface area contributed by atoms with Crippen molar-refractivity contribution in [2.24, 2.45) is 0 Å². The minimum atomic E-state index is 0. The number of halogens is 1. The molecular weight excluding hydrogens is 302 g/mol. The predicted octanol–water partition coefficient (Wildman–Crippen LogP) is 3.35. The summed E-state index contributed by atoms with van der Waals surface area (Å²) in [5.41, 5.74) is 2.88. The van der Waals surface area contributed by atoms with E-state index in [0.29, 0.717) is 0 Å². The van der Waals surface area contributed by atoms with Gasteiger partial charge in [0.2, 0.25) is 0 Å². The van der Waals surface area contributed by atoms with E-state index >= 15 is 0 Å². The lowest BCUT2D eigenvalue weighted by molar-refractivity contribution is -0.00000505. The van der Waals surface area contributed by atoms with E-state index in [-0.39, 0.29) is 12.4 Å². The van der Waals surface area contributed by atoms with E-state index in [4.69, 9.17) is 0 Å². The van der Waals surface area contributed by atoms with Gasteiger partial charge in [0.05, 0.1) is 21.1 Å². The van der Waals surface area contributed by atoms with E-state index in [2.05, 4.69) is 52.3 Å². The maximum atomic E-state index is 2.31. The Balaban J connectivity index is 0.00000484. The van der Waals surface area contributed by atoms with Crippen molar-refractivity contribution in [3.8, 4) is 0 Å². The van der Waals surface area contributed by atoms with Crippen LogP contribution in [0.2, 0.25) is 0 Å². The van der Waals surface area contributed by atoms with E-state index in [1.54, 1.807) is 0 Å². The third-order valence-electron chi connectivity index (χ3n) is 4.53. The Morgan fingerprint density at radius 3 is 1.52 bits per heavy atom. The summed E-state index contributed by atoms with van der Waals surface area (Å²) in [6.07, 6.45) is 15.4. The molecule has 0 atom stereocenters. The van der Waals surface area contributed by atoms with Gasteiger partial charge >= 0.3 is 0 Å². The molecule has 0 aliphatic heterocycles. The molecule has 1 nitrogen and oxygen atoms in total. The highest BCUT2D eigenvalue weighted by atomic mass is 35.5. The SMILES string of the molecule is CCCCCCCCCCCCc1ccc([N+](C)(C)C)cc1.[Cl-]. The summed E-state index contributed by atoms with van der Waals surface area (Å²) < 4.78 is 0.901. The molecule has 0 amide bonds. The number of aryl methyl sites for hydroxylation is 1. The topological polar surface area (TPSA) is 0 Å². The molecule has 1 aromatic carbocycles. The average molecular weight is 340 g/mol. The smallest absolute Gasteiger partial charge is 0.132 e. The summed E-state index contributed by atoms with van der Waals surface area (Å²) in [4.78, 5) is 0. The van der Waals surface area contributed by atoms with E-state index < -0.39 is 0 Å². The molecule has 0 saturated heterocycles. The first-order chi connectivity index (χ1) is 10.5. The van der Waals surface area contributed by atoms with Gasteiger partial charge in [0.25, 0.3) is 0 Å². The zero-order chi connectivity index (χ0) is 16.3. The standard InChI is InChI=1S/C21H38N.ClH/c1-5-6-7-8-9-10-11-12-13-14-15-20-16-18-21(19-17-20)22(2,3)4;/h16-19H,5-15H2,1-4H3;1H/q+1;/p-1. The van der Waals surface area contributed by atoms with Crippen LogP contribution in [0.3, 0.4) is 0 Å². The van der Waals surface area contributed by atoms with Crippen molar-refractivity contribution in [1.82, 2.24) is 4.48 Å². The minimum absolute atomic E-state index is 0. The number of nitrogens with zero attached hydrogens (tertiary/aromatic N) is 1. The summed E-state index contributed by atoms with van der Waals surface area (Å²) in [6, 6.07) is 9.19. The second kappa shape index (κ2) is 12.8. The lowest BCUT2D eigenvalue weighted by atomic mass is 10.0. The van der Waals surface area contributed by atoms with Gasteiger partial charge in [0.1, 0.15) is 5.69 Å².